The van der Waals surface area contributed by atoms with E-state index in [0.29, 0.717) is 25.3 Å². The molecule has 1 atom stereocenters. The number of carbonyl (C=O) groups is 1. The van der Waals surface area contributed by atoms with E-state index in [1.54, 1.807) is 11.3 Å². The van der Waals surface area contributed by atoms with Crippen molar-refractivity contribution >= 4 is 17.2 Å². The zero-order valence-electron chi connectivity index (χ0n) is 15.4. The van der Waals surface area contributed by atoms with Crippen molar-refractivity contribution in [1.82, 2.24) is 4.90 Å². The Hall–Kier alpha value is -1.86. The average Bonchev–Trinajstić information content (AvgIpc) is 3.39. The number of hydrogen-bond donors (Lipinski definition) is 0. The fourth-order valence-electron chi connectivity index (χ4n) is 4.32. The molecular weight excluding hydrogens is 387 g/mol. The lowest BCUT2D eigenvalue weighted by Gasteiger charge is -2.39. The van der Waals surface area contributed by atoms with E-state index in [0.717, 1.165) is 42.7 Å². The smallest absolute Gasteiger partial charge is 0.370 e. The second kappa shape index (κ2) is 7.52. The number of thiophene rings is 1. The van der Waals surface area contributed by atoms with E-state index in [1.165, 1.54) is 12.1 Å². The molecule has 1 saturated heterocycles. The number of amides is 1. The van der Waals surface area contributed by atoms with Crippen LogP contribution in [-0.2, 0) is 21.1 Å². The first-order valence-corrected chi connectivity index (χ1v) is 10.4. The number of hydrogen-bond acceptors (Lipinski definition) is 3. The van der Waals surface area contributed by atoms with Gasteiger partial charge in [0.25, 0.3) is 0 Å². The number of halogens is 3. The first-order chi connectivity index (χ1) is 13.4. The molecule has 1 saturated carbocycles. The second-order valence-corrected chi connectivity index (χ2v) is 8.44. The summed E-state index contributed by atoms with van der Waals surface area (Å²) in [7, 11) is 0. The molecule has 3 nitrogen and oxygen atoms in total. The van der Waals surface area contributed by atoms with Gasteiger partial charge in [-0.1, -0.05) is 31.0 Å². The maximum Gasteiger partial charge on any atom is 0.416 e. The van der Waals surface area contributed by atoms with E-state index in [-0.39, 0.29) is 5.91 Å². The van der Waals surface area contributed by atoms with Crippen molar-refractivity contribution < 1.29 is 22.7 Å². The van der Waals surface area contributed by atoms with Gasteiger partial charge in [0.2, 0.25) is 5.91 Å². The van der Waals surface area contributed by atoms with Crippen molar-refractivity contribution in [2.24, 2.45) is 0 Å². The van der Waals surface area contributed by atoms with Gasteiger partial charge in [-0.25, -0.2) is 0 Å². The number of alkyl halides is 3. The first-order valence-electron chi connectivity index (χ1n) is 9.52. The number of rotatable bonds is 3. The summed E-state index contributed by atoms with van der Waals surface area (Å²) in [5.41, 5.74) is -0.458. The molecule has 2 fully saturated rings. The third-order valence-electron chi connectivity index (χ3n) is 5.82. The number of morpholine rings is 1. The Morgan fingerprint density at radius 1 is 1.14 bits per heavy atom. The summed E-state index contributed by atoms with van der Waals surface area (Å²) in [5, 5.41) is 2.01. The number of ether oxygens (including phenoxy) is 1. The zero-order chi connectivity index (χ0) is 19.8. The molecule has 4 rings (SSSR count). The van der Waals surface area contributed by atoms with E-state index in [1.807, 2.05) is 22.4 Å². The van der Waals surface area contributed by atoms with Crippen LogP contribution in [0.25, 0.3) is 0 Å². The summed E-state index contributed by atoms with van der Waals surface area (Å²) in [4.78, 5) is 16.5. The summed E-state index contributed by atoms with van der Waals surface area (Å²) in [6.45, 7) is 1.28. The van der Waals surface area contributed by atoms with Crippen LogP contribution in [0.3, 0.4) is 0 Å². The molecule has 1 amide bonds. The number of carbonyl (C=O) groups excluding carboxylic acids is 1. The van der Waals surface area contributed by atoms with Gasteiger partial charge in [-0.15, -0.1) is 11.3 Å². The van der Waals surface area contributed by atoms with Gasteiger partial charge in [0.15, 0.2) is 0 Å². The highest BCUT2D eigenvalue weighted by molar-refractivity contribution is 7.10. The van der Waals surface area contributed by atoms with Crippen LogP contribution >= 0.6 is 11.3 Å². The van der Waals surface area contributed by atoms with Crippen LogP contribution in [0, 0.1) is 0 Å². The van der Waals surface area contributed by atoms with Gasteiger partial charge in [0, 0.05) is 11.4 Å². The molecular formula is C21H22F3NO2S. The van der Waals surface area contributed by atoms with Crippen LogP contribution in [0.1, 0.15) is 47.8 Å². The van der Waals surface area contributed by atoms with Gasteiger partial charge < -0.3 is 9.64 Å². The van der Waals surface area contributed by atoms with Crippen molar-refractivity contribution in [2.45, 2.75) is 43.4 Å². The predicted molar refractivity (Wildman–Crippen MR) is 101 cm³/mol. The number of benzene rings is 1. The Morgan fingerprint density at radius 3 is 2.46 bits per heavy atom. The minimum atomic E-state index is -4.36. The molecule has 150 valence electrons. The Labute approximate surface area is 166 Å². The van der Waals surface area contributed by atoms with Crippen LogP contribution in [0.2, 0.25) is 0 Å². The molecule has 2 aliphatic rings. The summed E-state index contributed by atoms with van der Waals surface area (Å²) in [6.07, 6.45) is -0.971. The monoisotopic (exact) mass is 409 g/mol. The topological polar surface area (TPSA) is 29.5 Å². The van der Waals surface area contributed by atoms with Gasteiger partial charge in [-0.3, -0.25) is 4.79 Å². The van der Waals surface area contributed by atoms with Gasteiger partial charge >= 0.3 is 6.18 Å². The van der Waals surface area contributed by atoms with Gasteiger partial charge in [0.05, 0.1) is 24.1 Å². The maximum atomic E-state index is 13.5. The van der Waals surface area contributed by atoms with Crippen LogP contribution in [-0.4, -0.2) is 30.5 Å². The zero-order valence-corrected chi connectivity index (χ0v) is 16.2. The summed E-state index contributed by atoms with van der Waals surface area (Å²) in [6, 6.07) is 9.07. The van der Waals surface area contributed by atoms with Crippen molar-refractivity contribution in [3.63, 3.8) is 0 Å². The Kier molecular flexibility index (Phi) is 5.22. The largest absolute Gasteiger partial charge is 0.416 e. The minimum absolute atomic E-state index is 0.132. The quantitative estimate of drug-likeness (QED) is 0.699. The lowest BCUT2D eigenvalue weighted by Crippen LogP contribution is -2.50. The molecule has 1 aliphatic carbocycles. The van der Waals surface area contributed by atoms with Crippen molar-refractivity contribution in [3.8, 4) is 0 Å². The van der Waals surface area contributed by atoms with Crippen LogP contribution in [0.4, 0.5) is 13.2 Å². The van der Waals surface area contributed by atoms with E-state index in [9.17, 15) is 18.0 Å². The van der Waals surface area contributed by atoms with Crippen LogP contribution in [0.5, 0.6) is 0 Å². The van der Waals surface area contributed by atoms with Crippen molar-refractivity contribution in [2.75, 3.05) is 19.7 Å². The Morgan fingerprint density at radius 2 is 1.86 bits per heavy atom. The minimum Gasteiger partial charge on any atom is -0.370 e. The summed E-state index contributed by atoms with van der Waals surface area (Å²) in [5.74, 6) is 0.132. The summed E-state index contributed by atoms with van der Waals surface area (Å²) >= 11 is 1.63. The van der Waals surface area contributed by atoms with Crippen LogP contribution in [0.15, 0.2) is 41.8 Å². The molecule has 0 N–H and O–H groups in total. The average molecular weight is 409 g/mol. The Balaban J connectivity index is 1.53. The molecule has 0 bridgehead atoms. The Bertz CT molecular complexity index is 811. The van der Waals surface area contributed by atoms with E-state index >= 15 is 0 Å². The number of nitrogens with zero attached hydrogens (tertiary/aromatic N) is 1. The highest BCUT2D eigenvalue weighted by Crippen LogP contribution is 2.45. The predicted octanol–water partition coefficient (Wildman–Crippen LogP) is 5.18. The van der Waals surface area contributed by atoms with Gasteiger partial charge in [-0.2, -0.15) is 13.2 Å². The molecule has 7 heteroatoms. The first kappa shape index (κ1) is 19.5. The van der Waals surface area contributed by atoms with Crippen molar-refractivity contribution in [1.29, 1.82) is 0 Å². The lowest BCUT2D eigenvalue weighted by atomic mass is 9.82. The fourth-order valence-corrected chi connectivity index (χ4v) is 5.30. The van der Waals surface area contributed by atoms with Gasteiger partial charge in [0.1, 0.15) is 6.10 Å². The molecule has 1 aliphatic heterocycles. The molecule has 1 aromatic carbocycles. The SMILES string of the molecule is O=C(N1CCO[C@H](c2ccc(C(F)(F)F)cc2)C1)C1(c2cccs2)CCCC1. The molecule has 2 heterocycles. The molecule has 0 unspecified atom stereocenters. The lowest BCUT2D eigenvalue weighted by molar-refractivity contribution is -0.145. The molecule has 1 aromatic heterocycles. The third kappa shape index (κ3) is 3.57. The molecule has 2 aromatic rings. The van der Waals surface area contributed by atoms with Crippen LogP contribution < -0.4 is 0 Å². The van der Waals surface area contributed by atoms with E-state index < -0.39 is 23.3 Å². The normalized spacial score (nSPS) is 22.4. The molecule has 0 spiro atoms. The highest BCUT2D eigenvalue weighted by atomic mass is 32.1. The van der Waals surface area contributed by atoms with E-state index in [2.05, 4.69) is 0 Å². The van der Waals surface area contributed by atoms with Crippen molar-refractivity contribution in [3.05, 3.63) is 57.8 Å². The summed E-state index contributed by atoms with van der Waals surface area (Å²) < 4.78 is 44.2. The fraction of sp³-hybridized carbons (Fsp3) is 0.476. The highest BCUT2D eigenvalue weighted by Gasteiger charge is 2.46. The third-order valence-corrected chi connectivity index (χ3v) is 6.90. The van der Waals surface area contributed by atoms with E-state index in [4.69, 9.17) is 4.74 Å². The maximum absolute atomic E-state index is 13.5. The molecule has 0 radical (unpaired) electrons. The second-order valence-electron chi connectivity index (χ2n) is 7.50. The molecule has 28 heavy (non-hydrogen) atoms. The van der Waals surface area contributed by atoms with Gasteiger partial charge in [-0.05, 0) is 42.0 Å². The standard InChI is InChI=1S/C21H22F3NO2S/c22-21(23,24)16-7-5-15(6-8-16)17-14-25(11-12-27-17)19(26)20(9-1-2-10-20)18-4-3-13-28-18/h3-8,13,17H,1-2,9-12,14H2/t17-/m0/s1.